The molecule has 3 N–H and O–H groups in total. The molecule has 0 aliphatic heterocycles. The van der Waals surface area contributed by atoms with Crippen molar-refractivity contribution in [1.82, 2.24) is 9.97 Å². The molecule has 1 aromatic heterocycles. The van der Waals surface area contributed by atoms with Crippen molar-refractivity contribution >= 4 is 11.6 Å². The minimum atomic E-state index is 0.553. The highest BCUT2D eigenvalue weighted by Crippen LogP contribution is 2.10. The summed E-state index contributed by atoms with van der Waals surface area (Å²) in [7, 11) is 0. The Hall–Kier alpha value is -2.30. The maximum absolute atomic E-state index is 5.63. The first kappa shape index (κ1) is 12.2. The molecule has 0 radical (unpaired) electrons. The standard InChI is InChI=1S/C13H16N4O/c1-2-18-12-7-8-15-13(17-12)16-9-10-3-5-11(14)6-4-10/h3-8H,2,9,14H2,1H3,(H,15,16,17). The zero-order chi connectivity index (χ0) is 12.8. The SMILES string of the molecule is CCOc1ccnc(NCc2ccc(N)cc2)n1. The highest BCUT2D eigenvalue weighted by Gasteiger charge is 1.99. The summed E-state index contributed by atoms with van der Waals surface area (Å²) in [6.07, 6.45) is 1.67. The van der Waals surface area contributed by atoms with Gasteiger partial charge in [-0.05, 0) is 24.6 Å². The summed E-state index contributed by atoms with van der Waals surface area (Å²) >= 11 is 0. The number of nitrogens with two attached hydrogens (primary N) is 1. The normalized spacial score (nSPS) is 10.1. The molecule has 94 valence electrons. The van der Waals surface area contributed by atoms with Crippen LogP contribution in [0, 0.1) is 0 Å². The number of benzene rings is 1. The van der Waals surface area contributed by atoms with Crippen molar-refractivity contribution in [1.29, 1.82) is 0 Å². The Morgan fingerprint density at radius 3 is 2.72 bits per heavy atom. The lowest BCUT2D eigenvalue weighted by molar-refractivity contribution is 0.326. The topological polar surface area (TPSA) is 73.1 Å². The fourth-order valence-corrected chi connectivity index (χ4v) is 1.47. The summed E-state index contributed by atoms with van der Waals surface area (Å²) in [5.74, 6) is 1.13. The molecule has 0 saturated carbocycles. The van der Waals surface area contributed by atoms with Gasteiger partial charge < -0.3 is 15.8 Å². The number of nitrogens with one attached hydrogen (secondary N) is 1. The van der Waals surface area contributed by atoms with Crippen LogP contribution in [0.25, 0.3) is 0 Å². The number of hydrogen-bond donors (Lipinski definition) is 2. The maximum Gasteiger partial charge on any atom is 0.226 e. The van der Waals surface area contributed by atoms with Crippen LogP contribution in [0.4, 0.5) is 11.6 Å². The van der Waals surface area contributed by atoms with Crippen LogP contribution >= 0.6 is 0 Å². The summed E-state index contributed by atoms with van der Waals surface area (Å²) < 4.78 is 5.31. The number of ether oxygens (including phenoxy) is 1. The van der Waals surface area contributed by atoms with Crippen LogP contribution in [0.2, 0.25) is 0 Å². The average molecular weight is 244 g/mol. The van der Waals surface area contributed by atoms with Crippen LogP contribution in [0.15, 0.2) is 36.5 Å². The molecule has 0 amide bonds. The summed E-state index contributed by atoms with van der Waals surface area (Å²) in [4.78, 5) is 8.35. The molecule has 5 nitrogen and oxygen atoms in total. The molecule has 0 unspecified atom stereocenters. The van der Waals surface area contributed by atoms with Crippen LogP contribution in [-0.2, 0) is 6.54 Å². The molecule has 0 spiro atoms. The smallest absolute Gasteiger partial charge is 0.226 e. The molecule has 1 heterocycles. The predicted octanol–water partition coefficient (Wildman–Crippen LogP) is 2.07. The van der Waals surface area contributed by atoms with E-state index in [4.69, 9.17) is 10.5 Å². The largest absolute Gasteiger partial charge is 0.478 e. The summed E-state index contributed by atoms with van der Waals surface area (Å²) in [6, 6.07) is 9.41. The molecule has 1 aromatic carbocycles. The Kier molecular flexibility index (Phi) is 3.96. The average Bonchev–Trinajstić information content (AvgIpc) is 2.39. The fourth-order valence-electron chi connectivity index (χ4n) is 1.47. The van der Waals surface area contributed by atoms with Gasteiger partial charge in [-0.15, -0.1) is 0 Å². The highest BCUT2D eigenvalue weighted by molar-refractivity contribution is 5.40. The second-order valence-electron chi connectivity index (χ2n) is 3.75. The highest BCUT2D eigenvalue weighted by atomic mass is 16.5. The van der Waals surface area contributed by atoms with E-state index in [0.29, 0.717) is 25.0 Å². The van der Waals surface area contributed by atoms with Crippen LogP contribution in [-0.4, -0.2) is 16.6 Å². The van der Waals surface area contributed by atoms with Crippen molar-refractivity contribution in [2.75, 3.05) is 17.7 Å². The summed E-state index contributed by atoms with van der Waals surface area (Å²) in [5, 5.41) is 3.14. The van der Waals surface area contributed by atoms with E-state index in [2.05, 4.69) is 15.3 Å². The second-order valence-corrected chi connectivity index (χ2v) is 3.75. The first-order valence-electron chi connectivity index (χ1n) is 5.82. The molecular formula is C13H16N4O. The van der Waals surface area contributed by atoms with E-state index in [9.17, 15) is 0 Å². The Bertz CT molecular complexity index is 499. The van der Waals surface area contributed by atoms with E-state index in [1.165, 1.54) is 0 Å². The van der Waals surface area contributed by atoms with Gasteiger partial charge in [0.25, 0.3) is 0 Å². The van der Waals surface area contributed by atoms with Gasteiger partial charge in [-0.3, -0.25) is 0 Å². The van der Waals surface area contributed by atoms with E-state index in [1.54, 1.807) is 12.3 Å². The van der Waals surface area contributed by atoms with Gasteiger partial charge in [0.2, 0.25) is 11.8 Å². The number of nitrogen functional groups attached to an aromatic ring is 1. The van der Waals surface area contributed by atoms with Crippen LogP contribution in [0.3, 0.4) is 0 Å². The van der Waals surface area contributed by atoms with Crippen molar-refractivity contribution < 1.29 is 4.74 Å². The monoisotopic (exact) mass is 244 g/mol. The fraction of sp³-hybridized carbons (Fsp3) is 0.231. The lowest BCUT2D eigenvalue weighted by Gasteiger charge is -2.07. The Morgan fingerprint density at radius 1 is 1.22 bits per heavy atom. The van der Waals surface area contributed by atoms with Crippen LogP contribution in [0.5, 0.6) is 5.88 Å². The van der Waals surface area contributed by atoms with Crippen molar-refractivity contribution in [3.8, 4) is 5.88 Å². The van der Waals surface area contributed by atoms with Crippen LogP contribution in [0.1, 0.15) is 12.5 Å². The maximum atomic E-state index is 5.63. The summed E-state index contributed by atoms with van der Waals surface area (Å²) in [6.45, 7) is 3.16. The Balaban J connectivity index is 1.97. The molecule has 0 aliphatic carbocycles. The number of hydrogen-bond acceptors (Lipinski definition) is 5. The minimum absolute atomic E-state index is 0.553. The Morgan fingerprint density at radius 2 is 2.00 bits per heavy atom. The number of rotatable bonds is 5. The number of anilines is 2. The molecule has 2 rings (SSSR count). The van der Waals surface area contributed by atoms with Crippen LogP contribution < -0.4 is 15.8 Å². The van der Waals surface area contributed by atoms with E-state index >= 15 is 0 Å². The van der Waals surface area contributed by atoms with Gasteiger partial charge in [-0.25, -0.2) is 4.98 Å². The molecule has 0 atom stereocenters. The molecule has 0 saturated heterocycles. The van der Waals surface area contributed by atoms with Gasteiger partial charge in [0.15, 0.2) is 0 Å². The second kappa shape index (κ2) is 5.86. The zero-order valence-electron chi connectivity index (χ0n) is 10.3. The van der Waals surface area contributed by atoms with Gasteiger partial charge in [0, 0.05) is 24.5 Å². The van der Waals surface area contributed by atoms with E-state index < -0.39 is 0 Å². The van der Waals surface area contributed by atoms with Crippen molar-refractivity contribution in [3.63, 3.8) is 0 Å². The van der Waals surface area contributed by atoms with Gasteiger partial charge in [-0.2, -0.15) is 4.98 Å². The van der Waals surface area contributed by atoms with Gasteiger partial charge in [0.1, 0.15) is 0 Å². The molecule has 0 fully saturated rings. The molecule has 0 bridgehead atoms. The van der Waals surface area contributed by atoms with Gasteiger partial charge in [0.05, 0.1) is 6.61 Å². The lowest BCUT2D eigenvalue weighted by Crippen LogP contribution is -2.04. The number of aromatic nitrogens is 2. The van der Waals surface area contributed by atoms with Gasteiger partial charge >= 0.3 is 0 Å². The third-order valence-electron chi connectivity index (χ3n) is 2.35. The number of nitrogens with zero attached hydrogens (tertiary/aromatic N) is 2. The first-order valence-corrected chi connectivity index (χ1v) is 5.82. The predicted molar refractivity (Wildman–Crippen MR) is 71.4 cm³/mol. The summed E-state index contributed by atoms with van der Waals surface area (Å²) in [5.41, 5.74) is 7.50. The van der Waals surface area contributed by atoms with Crippen molar-refractivity contribution in [2.24, 2.45) is 0 Å². The van der Waals surface area contributed by atoms with Crippen molar-refractivity contribution in [2.45, 2.75) is 13.5 Å². The minimum Gasteiger partial charge on any atom is -0.478 e. The molecule has 2 aromatic rings. The molecule has 0 aliphatic rings. The quantitative estimate of drug-likeness (QED) is 0.788. The van der Waals surface area contributed by atoms with Crippen molar-refractivity contribution in [3.05, 3.63) is 42.1 Å². The first-order chi connectivity index (χ1) is 8.78. The van der Waals surface area contributed by atoms with E-state index in [0.717, 1.165) is 11.3 Å². The molecule has 5 heteroatoms. The third-order valence-corrected chi connectivity index (χ3v) is 2.35. The molecular weight excluding hydrogens is 228 g/mol. The van der Waals surface area contributed by atoms with Gasteiger partial charge in [-0.1, -0.05) is 12.1 Å². The van der Waals surface area contributed by atoms with E-state index in [-0.39, 0.29) is 0 Å². The Labute approximate surface area is 106 Å². The van der Waals surface area contributed by atoms with E-state index in [1.807, 2.05) is 31.2 Å². The molecule has 18 heavy (non-hydrogen) atoms. The zero-order valence-corrected chi connectivity index (χ0v) is 10.3. The lowest BCUT2D eigenvalue weighted by atomic mass is 10.2. The third kappa shape index (κ3) is 3.35.